The number of carbonyl (C=O) groups is 2. The molecule has 0 aliphatic rings. The molecule has 0 atom stereocenters. The molecule has 2 aromatic rings. The van der Waals surface area contributed by atoms with Gasteiger partial charge in [0.15, 0.2) is 0 Å². The van der Waals surface area contributed by atoms with Gasteiger partial charge >= 0.3 is 0 Å². The van der Waals surface area contributed by atoms with Gasteiger partial charge in [-0.3, -0.25) is 9.59 Å². The van der Waals surface area contributed by atoms with Crippen LogP contribution in [0.4, 0.5) is 0 Å². The Kier molecular flexibility index (Phi) is 6.60. The van der Waals surface area contributed by atoms with Gasteiger partial charge in [-0.25, -0.2) is 0 Å². The van der Waals surface area contributed by atoms with Crippen molar-refractivity contribution in [3.8, 4) is 5.69 Å². The van der Waals surface area contributed by atoms with E-state index < -0.39 is 0 Å². The summed E-state index contributed by atoms with van der Waals surface area (Å²) in [5, 5.41) is 15.4. The molecule has 0 bridgehead atoms. The largest absolute Gasteiger partial charge is 0.350 e. The number of halogens is 1. The molecular weight excluding hydrogens is 376 g/mol. The molecule has 140 valence electrons. The van der Waals surface area contributed by atoms with Crippen molar-refractivity contribution in [1.82, 2.24) is 30.4 Å². The molecule has 2 rings (SSSR count). The highest BCUT2D eigenvalue weighted by Crippen LogP contribution is 2.20. The van der Waals surface area contributed by atoms with Crippen LogP contribution in [0.3, 0.4) is 0 Å². The minimum atomic E-state index is -0.339. The lowest BCUT2D eigenvalue weighted by atomic mass is 10.1. The van der Waals surface area contributed by atoms with Crippen LogP contribution in [0.25, 0.3) is 5.69 Å². The average Bonchev–Trinajstić information content (AvgIpc) is 2.99. The van der Waals surface area contributed by atoms with E-state index in [9.17, 15) is 9.59 Å². The Hall–Kier alpha value is -2.13. The molecule has 8 nitrogen and oxygen atoms in total. The van der Waals surface area contributed by atoms with Gasteiger partial charge in [0.05, 0.1) is 18.0 Å². The van der Waals surface area contributed by atoms with Crippen molar-refractivity contribution in [2.24, 2.45) is 0 Å². The minimum Gasteiger partial charge on any atom is -0.350 e. The zero-order valence-electron chi connectivity index (χ0n) is 15.1. The molecule has 0 saturated heterocycles. The fourth-order valence-electron chi connectivity index (χ4n) is 2.04. The molecule has 10 heteroatoms. The number of hydrogen-bond acceptors (Lipinski definition) is 6. The number of carbonyl (C=O) groups excluding carboxylic acids is 2. The molecule has 0 spiro atoms. The lowest BCUT2D eigenvalue weighted by Crippen LogP contribution is -2.46. The second-order valence-electron chi connectivity index (χ2n) is 6.69. The fourth-order valence-corrected chi connectivity index (χ4v) is 3.05. The molecule has 26 heavy (non-hydrogen) atoms. The lowest BCUT2D eigenvalue weighted by molar-refractivity contribution is -0.133. The molecular formula is C16H21ClN6O2S. The number of tetrazole rings is 1. The van der Waals surface area contributed by atoms with Crippen molar-refractivity contribution >= 4 is 35.2 Å². The highest BCUT2D eigenvalue weighted by molar-refractivity contribution is 7.99. The zero-order valence-corrected chi connectivity index (χ0v) is 16.6. The summed E-state index contributed by atoms with van der Waals surface area (Å²) in [7, 11) is 1.59. The van der Waals surface area contributed by atoms with E-state index >= 15 is 0 Å². The molecule has 1 heterocycles. The van der Waals surface area contributed by atoms with Crippen LogP contribution in [-0.4, -0.2) is 61.8 Å². The number of likely N-dealkylation sites (N-methyl/N-ethyl adjacent to an activating group) is 1. The number of aromatic nitrogens is 4. The van der Waals surface area contributed by atoms with Gasteiger partial charge in [0.25, 0.3) is 0 Å². The Labute approximate surface area is 161 Å². The number of nitrogens with one attached hydrogen (secondary N) is 1. The smallest absolute Gasteiger partial charge is 0.240 e. The van der Waals surface area contributed by atoms with Gasteiger partial charge in [-0.15, -0.1) is 5.10 Å². The molecule has 2 amide bonds. The highest BCUT2D eigenvalue weighted by Gasteiger charge is 2.19. The van der Waals surface area contributed by atoms with Gasteiger partial charge in [0, 0.05) is 17.6 Å². The summed E-state index contributed by atoms with van der Waals surface area (Å²) in [5.41, 5.74) is 0.366. The second kappa shape index (κ2) is 8.50. The van der Waals surface area contributed by atoms with Gasteiger partial charge < -0.3 is 10.2 Å². The Balaban J connectivity index is 1.94. The first kappa shape index (κ1) is 20.2. The normalized spacial score (nSPS) is 11.3. The SMILES string of the molecule is CN(CC(=O)NC(C)(C)C)C(=O)CSc1nnnn1-c1cccc(Cl)c1. The standard InChI is InChI=1S/C16H21ClN6O2S/c1-16(2,3)18-13(24)9-22(4)14(25)10-26-15-19-20-21-23(15)12-7-5-6-11(17)8-12/h5-8H,9-10H2,1-4H3,(H,18,24). The number of rotatable bonds is 6. The van der Waals surface area contributed by atoms with Gasteiger partial charge in [0.2, 0.25) is 17.0 Å². The van der Waals surface area contributed by atoms with Gasteiger partial charge in [-0.2, -0.15) is 4.68 Å². The molecule has 0 aliphatic heterocycles. The number of thioether (sulfide) groups is 1. The lowest BCUT2D eigenvalue weighted by Gasteiger charge is -2.23. The van der Waals surface area contributed by atoms with Crippen LogP contribution in [0, 0.1) is 0 Å². The summed E-state index contributed by atoms with van der Waals surface area (Å²) >= 11 is 7.18. The third kappa shape index (κ3) is 5.99. The van der Waals surface area contributed by atoms with Gasteiger partial charge in [0.1, 0.15) is 0 Å². The van der Waals surface area contributed by atoms with Crippen LogP contribution >= 0.6 is 23.4 Å². The Bertz CT molecular complexity index is 789. The first-order valence-electron chi connectivity index (χ1n) is 7.88. The predicted octanol–water partition coefficient (Wildman–Crippen LogP) is 1.78. The van der Waals surface area contributed by atoms with E-state index in [1.807, 2.05) is 26.8 Å². The van der Waals surface area contributed by atoms with E-state index in [-0.39, 0.29) is 29.7 Å². The summed E-state index contributed by atoms with van der Waals surface area (Å²) < 4.78 is 1.51. The topological polar surface area (TPSA) is 93.0 Å². The van der Waals surface area contributed by atoms with E-state index in [0.29, 0.717) is 15.9 Å². The van der Waals surface area contributed by atoms with Crippen LogP contribution in [0.1, 0.15) is 20.8 Å². The number of hydrogen-bond donors (Lipinski definition) is 1. The monoisotopic (exact) mass is 396 g/mol. The van der Waals surface area contributed by atoms with Crippen molar-refractivity contribution in [2.45, 2.75) is 31.5 Å². The van der Waals surface area contributed by atoms with Crippen LogP contribution in [-0.2, 0) is 9.59 Å². The summed E-state index contributed by atoms with van der Waals surface area (Å²) in [6.07, 6.45) is 0. The first-order valence-corrected chi connectivity index (χ1v) is 9.24. The van der Waals surface area contributed by atoms with Crippen LogP contribution in [0.15, 0.2) is 29.4 Å². The van der Waals surface area contributed by atoms with E-state index in [1.165, 1.54) is 21.3 Å². The summed E-state index contributed by atoms with van der Waals surface area (Å²) in [4.78, 5) is 25.6. The van der Waals surface area contributed by atoms with Crippen LogP contribution < -0.4 is 5.32 Å². The van der Waals surface area contributed by atoms with Crippen molar-refractivity contribution in [2.75, 3.05) is 19.3 Å². The van der Waals surface area contributed by atoms with Gasteiger partial charge in [-0.1, -0.05) is 29.4 Å². The van der Waals surface area contributed by atoms with E-state index in [4.69, 9.17) is 11.6 Å². The number of benzene rings is 1. The summed E-state index contributed by atoms with van der Waals surface area (Å²) in [5.74, 6) is -0.290. The van der Waals surface area contributed by atoms with Crippen molar-refractivity contribution in [3.05, 3.63) is 29.3 Å². The maximum absolute atomic E-state index is 12.3. The molecule has 0 fully saturated rings. The fraction of sp³-hybridized carbons (Fsp3) is 0.438. The maximum atomic E-state index is 12.3. The first-order chi connectivity index (χ1) is 12.2. The quantitative estimate of drug-likeness (QED) is 0.748. The maximum Gasteiger partial charge on any atom is 0.240 e. The number of nitrogens with zero attached hydrogens (tertiary/aromatic N) is 5. The molecule has 0 saturated carbocycles. The molecule has 0 unspecified atom stereocenters. The predicted molar refractivity (Wildman–Crippen MR) is 100 cm³/mol. The molecule has 0 aliphatic carbocycles. The Morgan fingerprint density at radius 1 is 1.35 bits per heavy atom. The van der Waals surface area contributed by atoms with E-state index in [1.54, 1.807) is 25.2 Å². The average molecular weight is 397 g/mol. The van der Waals surface area contributed by atoms with Crippen LogP contribution in [0.2, 0.25) is 5.02 Å². The molecule has 1 aromatic carbocycles. The molecule has 1 N–H and O–H groups in total. The van der Waals surface area contributed by atoms with Crippen molar-refractivity contribution in [3.63, 3.8) is 0 Å². The highest BCUT2D eigenvalue weighted by atomic mass is 35.5. The van der Waals surface area contributed by atoms with E-state index in [2.05, 4.69) is 20.8 Å². The molecule has 1 aromatic heterocycles. The summed E-state index contributed by atoms with van der Waals surface area (Å²) in [6.45, 7) is 5.66. The van der Waals surface area contributed by atoms with Crippen molar-refractivity contribution in [1.29, 1.82) is 0 Å². The van der Waals surface area contributed by atoms with Crippen LogP contribution in [0.5, 0.6) is 0 Å². The minimum absolute atomic E-state index is 0.00407. The van der Waals surface area contributed by atoms with Crippen molar-refractivity contribution < 1.29 is 9.59 Å². The Morgan fingerprint density at radius 2 is 2.08 bits per heavy atom. The third-order valence-corrected chi connectivity index (χ3v) is 4.28. The number of amides is 2. The van der Waals surface area contributed by atoms with Gasteiger partial charge in [-0.05, 0) is 49.4 Å². The molecule has 0 radical (unpaired) electrons. The van der Waals surface area contributed by atoms with E-state index in [0.717, 1.165) is 0 Å². The Morgan fingerprint density at radius 3 is 2.73 bits per heavy atom. The second-order valence-corrected chi connectivity index (χ2v) is 8.07. The summed E-state index contributed by atoms with van der Waals surface area (Å²) in [6, 6.07) is 7.09. The zero-order chi connectivity index (χ0) is 19.3. The third-order valence-electron chi connectivity index (χ3n) is 3.14.